The standard InChI is InChI=1S/C10H9N5O3/c1-7-9(14-18-15(7)17)10(16)13-12-6-8-2-4-11-5-3-8/h2-6H,1H3,(H,13,16)/b12-6-. The van der Waals surface area contributed by atoms with E-state index in [0.29, 0.717) is 0 Å². The lowest BCUT2D eigenvalue weighted by Crippen LogP contribution is -2.28. The highest BCUT2D eigenvalue weighted by molar-refractivity contribution is 5.93. The Morgan fingerprint density at radius 2 is 2.28 bits per heavy atom. The highest BCUT2D eigenvalue weighted by Crippen LogP contribution is 1.98. The second-order valence-corrected chi connectivity index (χ2v) is 3.34. The van der Waals surface area contributed by atoms with Gasteiger partial charge in [-0.15, -0.1) is 0 Å². The average molecular weight is 247 g/mol. The molecule has 2 heterocycles. The molecule has 0 radical (unpaired) electrons. The molecular weight excluding hydrogens is 238 g/mol. The summed E-state index contributed by atoms with van der Waals surface area (Å²) < 4.78 is 4.27. The molecule has 8 nitrogen and oxygen atoms in total. The van der Waals surface area contributed by atoms with Crippen LogP contribution in [0.2, 0.25) is 0 Å². The quantitative estimate of drug-likeness (QED) is 0.458. The van der Waals surface area contributed by atoms with E-state index >= 15 is 0 Å². The summed E-state index contributed by atoms with van der Waals surface area (Å²) in [6.07, 6.45) is 4.65. The monoisotopic (exact) mass is 247 g/mol. The van der Waals surface area contributed by atoms with Crippen LogP contribution in [0.1, 0.15) is 21.7 Å². The van der Waals surface area contributed by atoms with Gasteiger partial charge in [0, 0.05) is 19.3 Å². The first-order chi connectivity index (χ1) is 8.68. The summed E-state index contributed by atoms with van der Waals surface area (Å²) in [5, 5.41) is 17.9. The largest absolute Gasteiger partial charge is 0.359 e. The number of hydrazone groups is 1. The molecule has 2 aromatic heterocycles. The van der Waals surface area contributed by atoms with E-state index in [1.807, 2.05) is 0 Å². The smallest absolute Gasteiger partial charge is 0.322 e. The summed E-state index contributed by atoms with van der Waals surface area (Å²) >= 11 is 0. The van der Waals surface area contributed by atoms with Crippen molar-refractivity contribution in [2.24, 2.45) is 5.10 Å². The fraction of sp³-hybridized carbons (Fsp3) is 0.100. The summed E-state index contributed by atoms with van der Waals surface area (Å²) in [7, 11) is 0. The second-order valence-electron chi connectivity index (χ2n) is 3.34. The summed E-state index contributed by atoms with van der Waals surface area (Å²) in [5.41, 5.74) is 2.99. The molecule has 0 unspecified atom stereocenters. The highest BCUT2D eigenvalue weighted by atomic mass is 16.8. The zero-order chi connectivity index (χ0) is 13.0. The van der Waals surface area contributed by atoms with Crippen molar-refractivity contribution in [1.29, 1.82) is 0 Å². The van der Waals surface area contributed by atoms with Crippen molar-refractivity contribution in [2.75, 3.05) is 0 Å². The Morgan fingerprint density at radius 3 is 2.89 bits per heavy atom. The molecule has 1 amide bonds. The number of hydrogen-bond donors (Lipinski definition) is 1. The highest BCUT2D eigenvalue weighted by Gasteiger charge is 2.22. The number of nitrogens with zero attached hydrogens (tertiary/aromatic N) is 4. The average Bonchev–Trinajstić information content (AvgIpc) is 2.71. The molecule has 18 heavy (non-hydrogen) atoms. The SMILES string of the molecule is Cc1c(C(=O)N/N=C\c2ccncc2)no[n+]1[O-]. The molecule has 2 aromatic rings. The van der Waals surface area contributed by atoms with Crippen molar-refractivity contribution >= 4 is 12.1 Å². The van der Waals surface area contributed by atoms with Gasteiger partial charge in [-0.1, -0.05) is 0 Å². The fourth-order valence-electron chi connectivity index (χ4n) is 1.17. The van der Waals surface area contributed by atoms with Gasteiger partial charge >= 0.3 is 11.6 Å². The van der Waals surface area contributed by atoms with Crippen LogP contribution in [0.15, 0.2) is 34.3 Å². The minimum Gasteiger partial charge on any atom is -0.359 e. The van der Waals surface area contributed by atoms with Crippen LogP contribution in [0, 0.1) is 12.1 Å². The van der Waals surface area contributed by atoms with Gasteiger partial charge in [0.15, 0.2) is 0 Å². The molecule has 0 saturated carbocycles. The first-order valence-corrected chi connectivity index (χ1v) is 4.98. The molecule has 0 aliphatic heterocycles. The van der Waals surface area contributed by atoms with Gasteiger partial charge in [-0.3, -0.25) is 14.4 Å². The van der Waals surface area contributed by atoms with E-state index in [0.717, 1.165) is 5.56 Å². The van der Waals surface area contributed by atoms with Crippen molar-refractivity contribution < 1.29 is 14.3 Å². The molecule has 0 fully saturated rings. The van der Waals surface area contributed by atoms with Crippen molar-refractivity contribution in [3.05, 3.63) is 46.7 Å². The Kier molecular flexibility index (Phi) is 3.28. The first kappa shape index (κ1) is 11.7. The van der Waals surface area contributed by atoms with Crippen LogP contribution >= 0.6 is 0 Å². The maximum absolute atomic E-state index is 11.6. The second kappa shape index (κ2) is 5.04. The van der Waals surface area contributed by atoms with Gasteiger partial charge in [0.05, 0.1) is 11.4 Å². The van der Waals surface area contributed by atoms with E-state index < -0.39 is 5.91 Å². The van der Waals surface area contributed by atoms with Crippen molar-refractivity contribution in [3.8, 4) is 0 Å². The summed E-state index contributed by atoms with van der Waals surface area (Å²) in [5.74, 6) is -0.615. The molecule has 0 spiro atoms. The fourth-order valence-corrected chi connectivity index (χ4v) is 1.17. The number of carbonyl (C=O) groups excluding carboxylic acids is 1. The summed E-state index contributed by atoms with van der Waals surface area (Å²) in [4.78, 5) is 15.6. The van der Waals surface area contributed by atoms with E-state index in [2.05, 4.69) is 25.3 Å². The zero-order valence-electron chi connectivity index (χ0n) is 9.40. The minimum absolute atomic E-state index is 0.0756. The number of hydrogen-bond acceptors (Lipinski definition) is 6. The topological polar surface area (TPSA) is 107 Å². The van der Waals surface area contributed by atoms with Crippen LogP contribution in [0.4, 0.5) is 0 Å². The Hall–Kier alpha value is -2.77. The molecule has 0 bridgehead atoms. The lowest BCUT2D eigenvalue weighted by atomic mass is 10.3. The van der Waals surface area contributed by atoms with Gasteiger partial charge < -0.3 is 5.21 Å². The Bertz CT molecular complexity index is 578. The Labute approximate surface area is 101 Å². The van der Waals surface area contributed by atoms with Crippen molar-refractivity contribution in [2.45, 2.75) is 6.92 Å². The van der Waals surface area contributed by atoms with Crippen molar-refractivity contribution in [3.63, 3.8) is 0 Å². The van der Waals surface area contributed by atoms with Gasteiger partial charge in [0.1, 0.15) is 0 Å². The van der Waals surface area contributed by atoms with E-state index in [4.69, 9.17) is 0 Å². The van der Waals surface area contributed by atoms with Gasteiger partial charge in [-0.2, -0.15) is 5.10 Å². The van der Waals surface area contributed by atoms with Gasteiger partial charge in [0.2, 0.25) is 5.69 Å². The third-order valence-corrected chi connectivity index (χ3v) is 2.12. The number of aromatic nitrogens is 3. The number of pyridine rings is 1. The van der Waals surface area contributed by atoms with Crippen molar-refractivity contribution in [1.82, 2.24) is 15.6 Å². The van der Waals surface area contributed by atoms with Crippen LogP contribution in [0.5, 0.6) is 0 Å². The van der Waals surface area contributed by atoms with E-state index in [1.54, 1.807) is 24.5 Å². The number of rotatable bonds is 3. The van der Waals surface area contributed by atoms with Crippen LogP contribution in [0.25, 0.3) is 0 Å². The van der Waals surface area contributed by atoms with Gasteiger partial charge in [-0.05, 0) is 22.6 Å². The third-order valence-electron chi connectivity index (χ3n) is 2.12. The molecular formula is C10H9N5O3. The molecule has 2 rings (SSSR count). The number of nitrogens with one attached hydrogen (secondary N) is 1. The molecule has 1 N–H and O–H groups in total. The lowest BCUT2D eigenvalue weighted by Gasteiger charge is -1.93. The predicted octanol–water partition coefficient (Wildman–Crippen LogP) is -0.225. The minimum atomic E-state index is -0.615. The maximum Gasteiger partial charge on any atom is 0.322 e. The molecule has 0 aliphatic carbocycles. The third kappa shape index (κ3) is 2.48. The van der Waals surface area contributed by atoms with E-state index in [9.17, 15) is 10.0 Å². The van der Waals surface area contributed by atoms with Crippen LogP contribution in [-0.2, 0) is 0 Å². The van der Waals surface area contributed by atoms with E-state index in [1.165, 1.54) is 13.1 Å². The predicted molar refractivity (Wildman–Crippen MR) is 59.5 cm³/mol. The molecule has 92 valence electrons. The van der Waals surface area contributed by atoms with Crippen LogP contribution in [0.3, 0.4) is 0 Å². The molecule has 0 aliphatic rings. The van der Waals surface area contributed by atoms with Gasteiger partial charge in [0.25, 0.3) is 0 Å². The lowest BCUT2D eigenvalue weighted by molar-refractivity contribution is -0.806. The van der Waals surface area contributed by atoms with Crippen LogP contribution in [-0.4, -0.2) is 22.3 Å². The Morgan fingerprint density at radius 1 is 1.56 bits per heavy atom. The van der Waals surface area contributed by atoms with Crippen LogP contribution < -0.4 is 10.3 Å². The maximum atomic E-state index is 11.6. The van der Waals surface area contributed by atoms with E-state index in [-0.39, 0.29) is 16.3 Å². The summed E-state index contributed by atoms with van der Waals surface area (Å²) in [6.45, 7) is 1.42. The number of amides is 1. The molecule has 0 atom stereocenters. The molecule has 8 heteroatoms. The van der Waals surface area contributed by atoms with Gasteiger partial charge in [-0.25, -0.2) is 5.43 Å². The Balaban J connectivity index is 2.01. The summed E-state index contributed by atoms with van der Waals surface area (Å²) in [6, 6.07) is 3.45. The molecule has 0 saturated heterocycles. The normalized spacial score (nSPS) is 10.7. The number of carbonyl (C=O) groups is 1. The first-order valence-electron chi connectivity index (χ1n) is 4.98. The zero-order valence-corrected chi connectivity index (χ0v) is 9.40. The molecule has 0 aromatic carbocycles.